The van der Waals surface area contributed by atoms with E-state index in [1.807, 2.05) is 26.0 Å². The third kappa shape index (κ3) is 2.63. The van der Waals surface area contributed by atoms with Crippen LogP contribution >= 0.6 is 15.9 Å². The first kappa shape index (κ1) is 10.4. The molecule has 0 unspecified atom stereocenters. The maximum Gasteiger partial charge on any atom is 0.115 e. The van der Waals surface area contributed by atoms with Crippen molar-refractivity contribution >= 4 is 34.9 Å². The van der Waals surface area contributed by atoms with Gasteiger partial charge < -0.3 is 5.32 Å². The van der Waals surface area contributed by atoms with Gasteiger partial charge in [0.1, 0.15) is 7.85 Å². The van der Waals surface area contributed by atoms with Crippen LogP contribution in [-0.4, -0.2) is 7.85 Å². The number of anilines is 1. The molecule has 0 amide bonds. The fourth-order valence-corrected chi connectivity index (χ4v) is 1.51. The number of benzene rings is 1. The lowest BCUT2D eigenvalue weighted by Gasteiger charge is -2.11. The van der Waals surface area contributed by atoms with E-state index in [2.05, 4.69) is 27.8 Å². The first-order valence-corrected chi connectivity index (χ1v) is 4.78. The van der Waals surface area contributed by atoms with Crippen LogP contribution in [0.5, 0.6) is 0 Å². The first-order chi connectivity index (χ1) is 6.00. The molecule has 0 aliphatic carbocycles. The monoisotopic (exact) mass is 235 g/mol. The van der Waals surface area contributed by atoms with E-state index in [9.17, 15) is 0 Å². The van der Waals surface area contributed by atoms with Gasteiger partial charge in [-0.2, -0.15) is 0 Å². The van der Waals surface area contributed by atoms with Crippen LogP contribution in [0.3, 0.4) is 0 Å². The van der Waals surface area contributed by atoms with Crippen LogP contribution in [0.15, 0.2) is 28.9 Å². The molecule has 1 aromatic carbocycles. The van der Waals surface area contributed by atoms with Gasteiger partial charge in [0.2, 0.25) is 0 Å². The van der Waals surface area contributed by atoms with Crippen molar-refractivity contribution in [3.63, 3.8) is 0 Å². The molecule has 0 bridgehead atoms. The number of nitrogens with one attached hydrogen (secondary N) is 1. The zero-order valence-electron chi connectivity index (χ0n) is 7.82. The van der Waals surface area contributed by atoms with Gasteiger partial charge >= 0.3 is 0 Å². The molecule has 3 heteroatoms. The van der Waals surface area contributed by atoms with Gasteiger partial charge in [-0.3, -0.25) is 0 Å². The van der Waals surface area contributed by atoms with Crippen LogP contribution in [0, 0.1) is 6.92 Å². The van der Waals surface area contributed by atoms with Crippen LogP contribution in [-0.2, 0) is 0 Å². The Morgan fingerprint density at radius 2 is 2.15 bits per heavy atom. The van der Waals surface area contributed by atoms with Gasteiger partial charge in [0.15, 0.2) is 0 Å². The van der Waals surface area contributed by atoms with E-state index in [-0.39, 0.29) is 0 Å². The van der Waals surface area contributed by atoms with Gasteiger partial charge in [-0.1, -0.05) is 28.0 Å². The molecule has 0 aromatic heterocycles. The molecule has 1 N–H and O–H groups in total. The lowest BCUT2D eigenvalue weighted by atomic mass is 9.94. The second-order valence-corrected chi connectivity index (χ2v) is 3.95. The summed E-state index contributed by atoms with van der Waals surface area (Å²) in [7, 11) is 5.75. The maximum absolute atomic E-state index is 5.75. The number of halogens is 1. The molecule has 0 heterocycles. The molecule has 0 spiro atoms. The molecule has 2 radical (unpaired) electrons. The van der Waals surface area contributed by atoms with Crippen molar-refractivity contribution in [3.8, 4) is 0 Å². The van der Waals surface area contributed by atoms with Crippen molar-refractivity contribution in [2.45, 2.75) is 13.8 Å². The van der Waals surface area contributed by atoms with E-state index >= 15 is 0 Å². The van der Waals surface area contributed by atoms with E-state index in [1.165, 1.54) is 0 Å². The average Bonchev–Trinajstić information content (AvgIpc) is 1.99. The van der Waals surface area contributed by atoms with Gasteiger partial charge in [-0.15, -0.1) is 0 Å². The number of aryl methyl sites for hydroxylation is 1. The second-order valence-electron chi connectivity index (χ2n) is 3.09. The van der Waals surface area contributed by atoms with Crippen LogP contribution < -0.4 is 10.8 Å². The largest absolute Gasteiger partial charge is 0.360 e. The number of allylic oxidation sites excluding steroid dienone is 1. The molecular weight excluding hydrogens is 225 g/mol. The lowest BCUT2D eigenvalue weighted by molar-refractivity contribution is 1.35. The Balaban J connectivity index is 3.08. The summed E-state index contributed by atoms with van der Waals surface area (Å²) in [4.78, 5) is 0. The minimum absolute atomic E-state index is 0.731. The molecular formula is C10H11BBrN. The Morgan fingerprint density at radius 1 is 1.54 bits per heavy atom. The van der Waals surface area contributed by atoms with Crippen LogP contribution in [0.4, 0.5) is 5.69 Å². The minimum Gasteiger partial charge on any atom is -0.360 e. The highest BCUT2D eigenvalue weighted by Gasteiger charge is 2.01. The fraction of sp³-hybridized carbons (Fsp3) is 0.200. The molecule has 0 fully saturated rings. The average molecular weight is 236 g/mol. The Morgan fingerprint density at radius 3 is 2.69 bits per heavy atom. The van der Waals surface area contributed by atoms with Crippen LogP contribution in [0.2, 0.25) is 0 Å². The second kappa shape index (κ2) is 4.01. The van der Waals surface area contributed by atoms with E-state index in [4.69, 9.17) is 7.85 Å². The maximum atomic E-state index is 5.75. The molecule has 66 valence electrons. The first-order valence-electron chi connectivity index (χ1n) is 3.99. The Hall–Kier alpha value is -0.695. The highest BCUT2D eigenvalue weighted by atomic mass is 79.9. The van der Waals surface area contributed by atoms with Crippen LogP contribution in [0.1, 0.15) is 12.5 Å². The van der Waals surface area contributed by atoms with Crippen LogP contribution in [0.25, 0.3) is 0 Å². The zero-order valence-corrected chi connectivity index (χ0v) is 9.40. The summed E-state index contributed by atoms with van der Waals surface area (Å²) < 4.78 is 0.928. The molecule has 13 heavy (non-hydrogen) atoms. The van der Waals surface area contributed by atoms with Gasteiger partial charge in [-0.25, -0.2) is 0 Å². The SMILES string of the molecule is [B]c1cc(NC(=C)C)c(C)cc1Br. The van der Waals surface area contributed by atoms with Crippen molar-refractivity contribution < 1.29 is 0 Å². The van der Waals surface area contributed by atoms with Gasteiger partial charge in [0, 0.05) is 15.9 Å². The third-order valence-corrected chi connectivity index (χ3v) is 2.38. The molecule has 0 aliphatic heterocycles. The summed E-state index contributed by atoms with van der Waals surface area (Å²) in [5.41, 5.74) is 3.79. The summed E-state index contributed by atoms with van der Waals surface area (Å²) in [6, 6.07) is 3.88. The minimum atomic E-state index is 0.731. The zero-order chi connectivity index (χ0) is 10.0. The Labute approximate surface area is 88.8 Å². The Bertz CT molecular complexity index is 347. The van der Waals surface area contributed by atoms with Gasteiger partial charge in [0.25, 0.3) is 0 Å². The highest BCUT2D eigenvalue weighted by Crippen LogP contribution is 2.18. The van der Waals surface area contributed by atoms with Gasteiger partial charge in [0.05, 0.1) is 0 Å². The molecule has 1 rings (SSSR count). The standard InChI is InChI=1S/C10H11BBrN/c1-6(2)13-10-5-8(11)9(12)4-7(10)3/h4-5,13H,1H2,2-3H3. The Kier molecular flexibility index (Phi) is 3.20. The molecule has 1 aromatic rings. The van der Waals surface area contributed by atoms with E-state index in [0.29, 0.717) is 0 Å². The van der Waals surface area contributed by atoms with Crippen molar-refractivity contribution in [1.82, 2.24) is 0 Å². The number of hydrogen-bond acceptors (Lipinski definition) is 1. The molecule has 0 aliphatic rings. The highest BCUT2D eigenvalue weighted by molar-refractivity contribution is 9.10. The smallest absolute Gasteiger partial charge is 0.115 e. The summed E-state index contributed by atoms with van der Waals surface area (Å²) in [6.45, 7) is 7.72. The predicted octanol–water partition coefficient (Wildman–Crippen LogP) is 2.50. The van der Waals surface area contributed by atoms with Crippen molar-refractivity contribution in [2.24, 2.45) is 0 Å². The summed E-state index contributed by atoms with van der Waals surface area (Å²) >= 11 is 3.37. The summed E-state index contributed by atoms with van der Waals surface area (Å²) in [5, 5.41) is 3.15. The fourth-order valence-electron chi connectivity index (χ4n) is 1.05. The third-order valence-electron chi connectivity index (χ3n) is 1.69. The van der Waals surface area contributed by atoms with E-state index in [1.54, 1.807) is 0 Å². The molecule has 0 saturated heterocycles. The van der Waals surface area contributed by atoms with Crippen molar-refractivity contribution in [1.29, 1.82) is 0 Å². The quantitative estimate of drug-likeness (QED) is 0.777. The normalized spacial score (nSPS) is 9.77. The molecule has 1 nitrogen and oxygen atoms in total. The summed E-state index contributed by atoms with van der Waals surface area (Å²) in [5.74, 6) is 0. The van der Waals surface area contributed by atoms with E-state index < -0.39 is 0 Å². The predicted molar refractivity (Wildman–Crippen MR) is 62.7 cm³/mol. The van der Waals surface area contributed by atoms with Crippen molar-refractivity contribution in [3.05, 3.63) is 34.4 Å². The topological polar surface area (TPSA) is 12.0 Å². The van der Waals surface area contributed by atoms with Crippen molar-refractivity contribution in [2.75, 3.05) is 5.32 Å². The number of hydrogen-bond donors (Lipinski definition) is 1. The molecule has 0 saturated carbocycles. The lowest BCUT2D eigenvalue weighted by Crippen LogP contribution is -2.08. The number of rotatable bonds is 2. The summed E-state index contributed by atoms with van der Waals surface area (Å²) in [6.07, 6.45) is 0. The van der Waals surface area contributed by atoms with E-state index in [0.717, 1.165) is 26.9 Å². The van der Waals surface area contributed by atoms with Gasteiger partial charge in [-0.05, 0) is 31.5 Å². The molecule has 0 atom stereocenters.